The first kappa shape index (κ1) is 22.3. The van der Waals surface area contributed by atoms with E-state index in [1.54, 1.807) is 12.1 Å². The van der Waals surface area contributed by atoms with Gasteiger partial charge in [0.25, 0.3) is 5.91 Å². The molecule has 1 amide bonds. The molecule has 0 atom stereocenters. The number of aromatic nitrogens is 2. The van der Waals surface area contributed by atoms with Crippen LogP contribution in [0.1, 0.15) is 35.2 Å². The minimum absolute atomic E-state index is 0.214. The van der Waals surface area contributed by atoms with Crippen molar-refractivity contribution in [2.75, 3.05) is 18.4 Å². The third-order valence-corrected chi connectivity index (χ3v) is 8.11. The molecule has 0 bridgehead atoms. The molecule has 0 saturated carbocycles. The molecule has 174 valence electrons. The van der Waals surface area contributed by atoms with Crippen molar-refractivity contribution in [1.29, 1.82) is 0 Å². The molecule has 1 aliphatic heterocycles. The van der Waals surface area contributed by atoms with Crippen molar-refractivity contribution in [2.24, 2.45) is 0 Å². The third-order valence-electron chi connectivity index (χ3n) is 6.20. The largest absolute Gasteiger partial charge is 0.321 e. The van der Waals surface area contributed by atoms with E-state index in [9.17, 15) is 13.2 Å². The van der Waals surface area contributed by atoms with Crippen LogP contribution in [0.2, 0.25) is 0 Å². The van der Waals surface area contributed by atoms with Crippen molar-refractivity contribution in [3.8, 4) is 11.3 Å². The molecule has 7 nitrogen and oxygen atoms in total. The highest BCUT2D eigenvalue weighted by molar-refractivity contribution is 7.89. The van der Waals surface area contributed by atoms with Gasteiger partial charge in [0.05, 0.1) is 16.3 Å². The maximum Gasteiger partial charge on any atom is 0.255 e. The van der Waals surface area contributed by atoms with Gasteiger partial charge >= 0.3 is 0 Å². The summed E-state index contributed by atoms with van der Waals surface area (Å²) in [5.74, 6) is -0.311. The van der Waals surface area contributed by atoms with E-state index in [0.717, 1.165) is 41.7 Å². The lowest BCUT2D eigenvalue weighted by molar-refractivity contribution is 0.102. The molecule has 0 radical (unpaired) electrons. The summed E-state index contributed by atoms with van der Waals surface area (Å²) in [6, 6.07) is 17.6. The number of benzene rings is 2. The van der Waals surface area contributed by atoms with Crippen LogP contribution in [0, 0.1) is 6.92 Å². The molecule has 2 aromatic carbocycles. The fraction of sp³-hybridized carbons (Fsp3) is 0.231. The number of carbonyl (C=O) groups excluding carboxylic acids is 1. The quantitative estimate of drug-likeness (QED) is 0.453. The Hall–Kier alpha value is -3.49. The summed E-state index contributed by atoms with van der Waals surface area (Å²) >= 11 is 0. The monoisotopic (exact) mass is 474 g/mol. The van der Waals surface area contributed by atoms with Gasteiger partial charge in [-0.25, -0.2) is 13.4 Å². The topological polar surface area (TPSA) is 83.8 Å². The number of nitrogens with one attached hydrogen (secondary N) is 1. The summed E-state index contributed by atoms with van der Waals surface area (Å²) < 4.78 is 29.2. The van der Waals surface area contributed by atoms with E-state index in [-0.39, 0.29) is 10.8 Å². The van der Waals surface area contributed by atoms with Crippen LogP contribution in [0.5, 0.6) is 0 Å². The van der Waals surface area contributed by atoms with E-state index in [4.69, 9.17) is 4.98 Å². The zero-order valence-corrected chi connectivity index (χ0v) is 19.8. The Balaban J connectivity index is 1.38. The Labute approximate surface area is 199 Å². The second-order valence-corrected chi connectivity index (χ2v) is 10.5. The van der Waals surface area contributed by atoms with Gasteiger partial charge in [-0.15, -0.1) is 0 Å². The number of hydrogen-bond donors (Lipinski definition) is 1. The summed E-state index contributed by atoms with van der Waals surface area (Å²) in [5, 5.41) is 2.96. The van der Waals surface area contributed by atoms with E-state index in [1.807, 2.05) is 60.1 Å². The highest BCUT2D eigenvalue weighted by Crippen LogP contribution is 2.29. The van der Waals surface area contributed by atoms with Gasteiger partial charge in [0.1, 0.15) is 5.65 Å². The first-order valence-electron chi connectivity index (χ1n) is 11.4. The van der Waals surface area contributed by atoms with E-state index >= 15 is 0 Å². The number of amides is 1. The van der Waals surface area contributed by atoms with Crippen molar-refractivity contribution in [2.45, 2.75) is 31.1 Å². The normalized spacial score (nSPS) is 14.9. The Kier molecular flexibility index (Phi) is 5.93. The van der Waals surface area contributed by atoms with Gasteiger partial charge in [0.15, 0.2) is 0 Å². The number of piperidine rings is 1. The van der Waals surface area contributed by atoms with Crippen molar-refractivity contribution < 1.29 is 13.2 Å². The number of para-hydroxylation sites is 1. The average molecular weight is 475 g/mol. The molecular weight excluding hydrogens is 448 g/mol. The van der Waals surface area contributed by atoms with Crippen LogP contribution in [-0.4, -0.2) is 41.1 Å². The number of fused-ring (bicyclic) bond motifs is 1. The smallest absolute Gasteiger partial charge is 0.255 e. The molecule has 5 rings (SSSR count). The Morgan fingerprint density at radius 1 is 0.941 bits per heavy atom. The number of hydrogen-bond acceptors (Lipinski definition) is 4. The molecule has 0 aliphatic carbocycles. The molecule has 8 heteroatoms. The number of nitrogens with zero attached hydrogens (tertiary/aromatic N) is 3. The predicted octanol–water partition coefficient (Wildman–Crippen LogP) is 4.74. The lowest BCUT2D eigenvalue weighted by atomic mass is 10.1. The highest BCUT2D eigenvalue weighted by Gasteiger charge is 2.26. The van der Waals surface area contributed by atoms with E-state index in [1.165, 1.54) is 16.4 Å². The lowest BCUT2D eigenvalue weighted by Gasteiger charge is -2.25. The van der Waals surface area contributed by atoms with Crippen LogP contribution in [0.4, 0.5) is 5.69 Å². The van der Waals surface area contributed by atoms with Gasteiger partial charge in [-0.1, -0.05) is 30.7 Å². The summed E-state index contributed by atoms with van der Waals surface area (Å²) in [5.41, 5.74) is 4.52. The number of imidazole rings is 1. The first-order chi connectivity index (χ1) is 16.4. The van der Waals surface area contributed by atoms with Gasteiger partial charge in [-0.2, -0.15) is 4.31 Å². The van der Waals surface area contributed by atoms with Crippen LogP contribution in [0.25, 0.3) is 16.9 Å². The standard InChI is InChI=1S/C26H26N4O3S/c1-19-8-7-15-29-18-24(27-25(19)29)22-9-3-4-10-23(22)28-26(31)20-11-13-21(14-12-20)34(32,33)30-16-5-2-6-17-30/h3-4,7-15,18H,2,5-6,16-17H2,1H3,(H,28,31). The van der Waals surface area contributed by atoms with Crippen LogP contribution in [-0.2, 0) is 10.0 Å². The van der Waals surface area contributed by atoms with Crippen LogP contribution >= 0.6 is 0 Å². The minimum atomic E-state index is -3.53. The molecule has 0 spiro atoms. The molecule has 34 heavy (non-hydrogen) atoms. The number of rotatable bonds is 5. The SMILES string of the molecule is Cc1cccn2cc(-c3ccccc3NC(=O)c3ccc(S(=O)(=O)N4CCCCC4)cc3)nc12. The molecule has 3 heterocycles. The van der Waals surface area contributed by atoms with Gasteiger partial charge in [0.2, 0.25) is 10.0 Å². The first-order valence-corrected chi connectivity index (χ1v) is 12.8. The van der Waals surface area contributed by atoms with Gasteiger partial charge in [-0.3, -0.25) is 4.79 Å². The molecule has 1 aliphatic rings. The molecule has 4 aromatic rings. The minimum Gasteiger partial charge on any atom is -0.321 e. The molecular formula is C26H26N4O3S. The number of anilines is 1. The van der Waals surface area contributed by atoms with Gasteiger partial charge in [-0.05, 0) is 61.7 Å². The summed E-state index contributed by atoms with van der Waals surface area (Å²) in [7, 11) is -3.53. The van der Waals surface area contributed by atoms with E-state index in [2.05, 4.69) is 5.32 Å². The Morgan fingerprint density at radius 3 is 2.41 bits per heavy atom. The maximum atomic E-state index is 13.0. The van der Waals surface area contributed by atoms with E-state index < -0.39 is 10.0 Å². The number of aryl methyl sites for hydroxylation is 1. The van der Waals surface area contributed by atoms with Crippen LogP contribution < -0.4 is 5.32 Å². The number of pyridine rings is 1. The van der Waals surface area contributed by atoms with Gasteiger partial charge < -0.3 is 9.72 Å². The van der Waals surface area contributed by atoms with Crippen molar-refractivity contribution in [3.05, 3.63) is 84.2 Å². The second kappa shape index (κ2) is 9.04. The van der Waals surface area contributed by atoms with Crippen LogP contribution in [0.3, 0.4) is 0 Å². The maximum absolute atomic E-state index is 13.0. The molecule has 1 N–H and O–H groups in total. The Bertz CT molecular complexity index is 1450. The number of sulfonamides is 1. The third kappa shape index (κ3) is 4.22. The zero-order chi connectivity index (χ0) is 23.7. The van der Waals surface area contributed by atoms with Crippen molar-refractivity contribution in [3.63, 3.8) is 0 Å². The van der Waals surface area contributed by atoms with Crippen LogP contribution in [0.15, 0.2) is 78.0 Å². The molecule has 0 unspecified atom stereocenters. The summed E-state index contributed by atoms with van der Waals surface area (Å²) in [4.78, 5) is 18.0. The fourth-order valence-corrected chi connectivity index (χ4v) is 5.84. The lowest BCUT2D eigenvalue weighted by Crippen LogP contribution is -2.35. The van der Waals surface area contributed by atoms with Gasteiger partial charge in [0, 0.05) is 36.6 Å². The number of carbonyl (C=O) groups is 1. The van der Waals surface area contributed by atoms with E-state index in [0.29, 0.717) is 24.3 Å². The van der Waals surface area contributed by atoms with Crippen molar-refractivity contribution >= 4 is 27.3 Å². The highest BCUT2D eigenvalue weighted by atomic mass is 32.2. The second-order valence-electron chi connectivity index (χ2n) is 8.54. The summed E-state index contributed by atoms with van der Waals surface area (Å²) in [6.45, 7) is 3.10. The van der Waals surface area contributed by atoms with Crippen molar-refractivity contribution in [1.82, 2.24) is 13.7 Å². The zero-order valence-electron chi connectivity index (χ0n) is 18.9. The molecule has 1 saturated heterocycles. The average Bonchev–Trinajstić information content (AvgIpc) is 3.31. The Morgan fingerprint density at radius 2 is 1.68 bits per heavy atom. The predicted molar refractivity (Wildman–Crippen MR) is 132 cm³/mol. The fourth-order valence-electron chi connectivity index (χ4n) is 4.33. The molecule has 1 fully saturated rings. The molecule has 2 aromatic heterocycles. The summed E-state index contributed by atoms with van der Waals surface area (Å²) in [6.07, 6.45) is 6.70.